The second kappa shape index (κ2) is 7.20. The van der Waals surface area contributed by atoms with Gasteiger partial charge in [0.1, 0.15) is 5.75 Å². The number of aliphatic carboxylic acids is 1. The molecule has 1 N–H and O–H groups in total. The van der Waals surface area contributed by atoms with Crippen LogP contribution in [0.25, 0.3) is 6.08 Å². The lowest BCUT2D eigenvalue weighted by Gasteiger charge is -2.10. The number of benzene rings is 1. The van der Waals surface area contributed by atoms with Crippen molar-refractivity contribution in [3.05, 3.63) is 30.9 Å². The molecule has 92 valence electrons. The molecule has 0 unspecified atom stereocenters. The van der Waals surface area contributed by atoms with Crippen molar-refractivity contribution in [1.29, 1.82) is 0 Å². The molecule has 0 spiro atoms. The second-order valence-electron chi connectivity index (χ2n) is 3.33. The first kappa shape index (κ1) is 14.7. The van der Waals surface area contributed by atoms with Crippen molar-refractivity contribution in [2.75, 3.05) is 6.61 Å². The minimum absolute atomic E-state index is 0.691. The largest absolute Gasteiger partial charge is 0.491 e. The molecule has 0 saturated heterocycles. The quantitative estimate of drug-likeness (QED) is 0.540. The highest BCUT2D eigenvalue weighted by Crippen LogP contribution is 2.29. The Kier molecular flexibility index (Phi) is 6.24. The molecule has 0 amide bonds. The van der Waals surface area contributed by atoms with E-state index < -0.39 is 5.97 Å². The van der Waals surface area contributed by atoms with E-state index in [9.17, 15) is 4.79 Å². The first-order chi connectivity index (χ1) is 8.04. The Balaban J connectivity index is 2.96. The Bertz CT molecular complexity index is 418. The zero-order valence-electron chi connectivity index (χ0n) is 9.24. The molecular formula is C12H12I2O3. The highest BCUT2D eigenvalue weighted by Gasteiger charge is 2.07. The third-order valence-corrected chi connectivity index (χ3v) is 3.49. The van der Waals surface area contributed by atoms with Crippen molar-refractivity contribution in [1.82, 2.24) is 0 Å². The van der Waals surface area contributed by atoms with E-state index in [1.165, 1.54) is 0 Å². The normalized spacial score (nSPS) is 10.8. The molecule has 0 fully saturated rings. The highest BCUT2D eigenvalue weighted by atomic mass is 127. The Morgan fingerprint density at radius 1 is 1.41 bits per heavy atom. The lowest BCUT2D eigenvalue weighted by Crippen LogP contribution is -1.99. The van der Waals surface area contributed by atoms with Gasteiger partial charge in [-0.2, -0.15) is 0 Å². The lowest BCUT2D eigenvalue weighted by molar-refractivity contribution is -0.131. The van der Waals surface area contributed by atoms with E-state index in [4.69, 9.17) is 9.84 Å². The van der Waals surface area contributed by atoms with Gasteiger partial charge in [-0.3, -0.25) is 0 Å². The average Bonchev–Trinajstić information content (AvgIpc) is 2.25. The van der Waals surface area contributed by atoms with Gasteiger partial charge in [0.2, 0.25) is 0 Å². The fraction of sp³-hybridized carbons (Fsp3) is 0.250. The van der Waals surface area contributed by atoms with Crippen LogP contribution in [-0.2, 0) is 4.79 Å². The Morgan fingerprint density at radius 3 is 2.47 bits per heavy atom. The third-order valence-electron chi connectivity index (χ3n) is 1.89. The van der Waals surface area contributed by atoms with E-state index in [2.05, 4.69) is 52.1 Å². The number of ether oxygens (including phenoxy) is 1. The van der Waals surface area contributed by atoms with Gasteiger partial charge in [-0.25, -0.2) is 4.79 Å². The first-order valence-corrected chi connectivity index (χ1v) is 7.23. The third kappa shape index (κ3) is 4.82. The zero-order chi connectivity index (χ0) is 12.8. The SMILES string of the molecule is CCCOc1c(I)cc(/C=C/C(=O)O)cc1I. The topological polar surface area (TPSA) is 46.5 Å². The number of carboxylic acid groups (broad SMARTS) is 1. The van der Waals surface area contributed by atoms with Crippen molar-refractivity contribution in [2.45, 2.75) is 13.3 Å². The van der Waals surface area contributed by atoms with Gasteiger partial charge in [0, 0.05) is 6.08 Å². The maximum atomic E-state index is 10.4. The summed E-state index contributed by atoms with van der Waals surface area (Å²) < 4.78 is 7.63. The summed E-state index contributed by atoms with van der Waals surface area (Å²) >= 11 is 4.39. The molecule has 17 heavy (non-hydrogen) atoms. The second-order valence-corrected chi connectivity index (χ2v) is 5.66. The van der Waals surface area contributed by atoms with Crippen LogP contribution in [-0.4, -0.2) is 17.7 Å². The van der Waals surface area contributed by atoms with Crippen molar-refractivity contribution in [3.8, 4) is 5.75 Å². The van der Waals surface area contributed by atoms with Gasteiger partial charge >= 0.3 is 5.97 Å². The number of rotatable bonds is 5. The lowest BCUT2D eigenvalue weighted by atomic mass is 10.2. The molecule has 0 atom stereocenters. The molecule has 0 aliphatic carbocycles. The van der Waals surface area contributed by atoms with Crippen LogP contribution in [0.2, 0.25) is 0 Å². The monoisotopic (exact) mass is 458 g/mol. The van der Waals surface area contributed by atoms with Crippen molar-refractivity contribution >= 4 is 57.2 Å². The minimum Gasteiger partial charge on any atom is -0.491 e. The van der Waals surface area contributed by atoms with Crippen LogP contribution in [0, 0.1) is 7.14 Å². The van der Waals surface area contributed by atoms with E-state index in [1.807, 2.05) is 12.1 Å². The van der Waals surface area contributed by atoms with Gasteiger partial charge in [0.05, 0.1) is 13.7 Å². The van der Waals surface area contributed by atoms with E-state index in [1.54, 1.807) is 6.08 Å². The predicted molar refractivity (Wildman–Crippen MR) is 84.3 cm³/mol. The highest BCUT2D eigenvalue weighted by molar-refractivity contribution is 14.1. The van der Waals surface area contributed by atoms with Crippen molar-refractivity contribution in [2.24, 2.45) is 0 Å². The Labute approximate surface area is 128 Å². The fourth-order valence-electron chi connectivity index (χ4n) is 1.19. The van der Waals surface area contributed by atoms with Crippen LogP contribution in [0.3, 0.4) is 0 Å². The van der Waals surface area contributed by atoms with Crippen LogP contribution in [0.15, 0.2) is 18.2 Å². The summed E-state index contributed by atoms with van der Waals surface area (Å²) in [6.45, 7) is 2.75. The molecule has 0 aliphatic heterocycles. The Hall–Kier alpha value is -0.310. The van der Waals surface area contributed by atoms with Crippen LogP contribution < -0.4 is 4.74 Å². The van der Waals surface area contributed by atoms with E-state index >= 15 is 0 Å². The van der Waals surface area contributed by atoms with Crippen LogP contribution in [0.5, 0.6) is 5.75 Å². The molecule has 0 heterocycles. The molecule has 0 radical (unpaired) electrons. The summed E-state index contributed by atoms with van der Waals surface area (Å²) in [5.41, 5.74) is 0.866. The Morgan fingerprint density at radius 2 is 2.00 bits per heavy atom. The zero-order valence-corrected chi connectivity index (χ0v) is 13.6. The number of hydrogen-bond donors (Lipinski definition) is 1. The molecular weight excluding hydrogens is 446 g/mol. The predicted octanol–water partition coefficient (Wildman–Crippen LogP) is 3.78. The smallest absolute Gasteiger partial charge is 0.328 e. The van der Waals surface area contributed by atoms with Gasteiger partial charge in [-0.15, -0.1) is 0 Å². The maximum absolute atomic E-state index is 10.4. The number of carboxylic acids is 1. The molecule has 1 aromatic rings. The maximum Gasteiger partial charge on any atom is 0.328 e. The van der Waals surface area contributed by atoms with Crippen LogP contribution in [0.4, 0.5) is 0 Å². The van der Waals surface area contributed by atoms with Crippen LogP contribution in [0.1, 0.15) is 18.9 Å². The number of hydrogen-bond acceptors (Lipinski definition) is 2. The summed E-state index contributed by atoms with van der Waals surface area (Å²) in [5, 5.41) is 8.57. The van der Waals surface area contributed by atoms with Gasteiger partial charge in [0.25, 0.3) is 0 Å². The standard InChI is InChI=1S/C12H12I2O3/c1-2-5-17-12-9(13)6-8(7-10(12)14)3-4-11(15)16/h3-4,6-7H,2,5H2,1H3,(H,15,16)/b4-3+. The molecule has 0 bridgehead atoms. The van der Waals surface area contributed by atoms with Crippen LogP contribution >= 0.6 is 45.2 Å². The molecule has 5 heteroatoms. The van der Waals surface area contributed by atoms with E-state index in [-0.39, 0.29) is 0 Å². The summed E-state index contributed by atoms with van der Waals surface area (Å²) in [6, 6.07) is 3.82. The van der Waals surface area contributed by atoms with Gasteiger partial charge in [-0.05, 0) is 75.4 Å². The van der Waals surface area contributed by atoms with Crippen molar-refractivity contribution in [3.63, 3.8) is 0 Å². The van der Waals surface area contributed by atoms with Gasteiger partial charge in [-0.1, -0.05) is 6.92 Å². The summed E-state index contributed by atoms with van der Waals surface area (Å²) in [6.07, 6.45) is 3.68. The molecule has 0 aliphatic rings. The summed E-state index contributed by atoms with van der Waals surface area (Å²) in [7, 11) is 0. The molecule has 1 aromatic carbocycles. The fourth-order valence-corrected chi connectivity index (χ4v) is 3.31. The molecule has 3 nitrogen and oxygen atoms in total. The molecule has 0 aromatic heterocycles. The summed E-state index contributed by atoms with van der Waals surface area (Å²) in [5.74, 6) is -0.0677. The first-order valence-electron chi connectivity index (χ1n) is 5.07. The minimum atomic E-state index is -0.943. The molecule has 1 rings (SSSR count). The number of halogens is 2. The van der Waals surface area contributed by atoms with E-state index in [0.29, 0.717) is 6.61 Å². The molecule has 0 saturated carbocycles. The van der Waals surface area contributed by atoms with E-state index in [0.717, 1.165) is 31.0 Å². The van der Waals surface area contributed by atoms with Crippen molar-refractivity contribution < 1.29 is 14.6 Å². The van der Waals surface area contributed by atoms with Gasteiger partial charge in [0.15, 0.2) is 0 Å². The average molecular weight is 458 g/mol. The number of carbonyl (C=O) groups is 1. The summed E-state index contributed by atoms with van der Waals surface area (Å²) in [4.78, 5) is 10.4. The van der Waals surface area contributed by atoms with Gasteiger partial charge < -0.3 is 9.84 Å².